The van der Waals surface area contributed by atoms with Crippen LogP contribution in [-0.2, 0) is 4.74 Å². The predicted molar refractivity (Wildman–Crippen MR) is 77.3 cm³/mol. The molecule has 0 bridgehead atoms. The summed E-state index contributed by atoms with van der Waals surface area (Å²) in [6, 6.07) is 4.73. The Morgan fingerprint density at radius 2 is 2.22 bits per heavy atom. The Morgan fingerprint density at radius 3 is 2.78 bits per heavy atom. The van der Waals surface area contributed by atoms with Crippen LogP contribution in [0.1, 0.15) is 31.7 Å². The number of nitrogens with two attached hydrogens (primary N) is 1. The SMILES string of the molecule is CC1CN(C(c2ccc(Cl)s2)C(C)N)C(C)CO1. The number of hydrogen-bond donors (Lipinski definition) is 1. The molecule has 0 amide bonds. The fourth-order valence-electron chi connectivity index (χ4n) is 2.53. The van der Waals surface area contributed by atoms with Gasteiger partial charge in [0.25, 0.3) is 0 Å². The van der Waals surface area contributed by atoms with Crippen molar-refractivity contribution in [2.45, 2.75) is 45.0 Å². The standard InChI is InChI=1S/C13H21ClN2OS/c1-8-7-17-9(2)6-16(8)13(10(3)15)11-4-5-12(14)18-11/h4-5,8-10,13H,6-7,15H2,1-3H3. The molecular weight excluding hydrogens is 268 g/mol. The van der Waals surface area contributed by atoms with E-state index in [0.717, 1.165) is 17.5 Å². The highest BCUT2D eigenvalue weighted by Gasteiger charge is 2.33. The Bertz CT molecular complexity index is 396. The Hall–Kier alpha value is -0.130. The van der Waals surface area contributed by atoms with Gasteiger partial charge in [0.2, 0.25) is 0 Å². The van der Waals surface area contributed by atoms with Crippen molar-refractivity contribution in [1.82, 2.24) is 4.90 Å². The summed E-state index contributed by atoms with van der Waals surface area (Å²) in [4.78, 5) is 3.69. The maximum absolute atomic E-state index is 6.20. The summed E-state index contributed by atoms with van der Waals surface area (Å²) in [7, 11) is 0. The molecular formula is C13H21ClN2OS. The van der Waals surface area contributed by atoms with Gasteiger partial charge in [0.15, 0.2) is 0 Å². The summed E-state index contributed by atoms with van der Waals surface area (Å²) in [6.07, 6.45) is 0.262. The van der Waals surface area contributed by atoms with E-state index in [1.165, 1.54) is 4.88 Å². The molecule has 1 saturated heterocycles. The zero-order valence-corrected chi connectivity index (χ0v) is 12.7. The van der Waals surface area contributed by atoms with Gasteiger partial charge in [-0.2, -0.15) is 0 Å². The molecule has 0 radical (unpaired) electrons. The topological polar surface area (TPSA) is 38.5 Å². The van der Waals surface area contributed by atoms with Crippen molar-refractivity contribution in [3.63, 3.8) is 0 Å². The van der Waals surface area contributed by atoms with Crippen molar-refractivity contribution in [3.8, 4) is 0 Å². The van der Waals surface area contributed by atoms with E-state index in [0.29, 0.717) is 6.04 Å². The Morgan fingerprint density at radius 1 is 1.50 bits per heavy atom. The summed E-state index contributed by atoms with van der Waals surface area (Å²) in [6.45, 7) is 8.05. The molecule has 1 aromatic heterocycles. The molecule has 0 saturated carbocycles. The monoisotopic (exact) mass is 288 g/mol. The molecule has 0 aromatic carbocycles. The number of ether oxygens (including phenoxy) is 1. The number of morpholine rings is 1. The predicted octanol–water partition coefficient (Wildman–Crippen LogP) is 2.90. The molecule has 2 N–H and O–H groups in total. The fraction of sp³-hybridized carbons (Fsp3) is 0.692. The van der Waals surface area contributed by atoms with Crippen LogP contribution >= 0.6 is 22.9 Å². The van der Waals surface area contributed by atoms with Crippen molar-refractivity contribution < 1.29 is 4.74 Å². The first kappa shape index (κ1) is 14.3. The minimum Gasteiger partial charge on any atom is -0.376 e. The number of hydrogen-bond acceptors (Lipinski definition) is 4. The summed E-state index contributed by atoms with van der Waals surface area (Å²) >= 11 is 7.67. The third kappa shape index (κ3) is 3.06. The molecule has 18 heavy (non-hydrogen) atoms. The Balaban J connectivity index is 2.24. The zero-order valence-electron chi connectivity index (χ0n) is 11.1. The highest BCUT2D eigenvalue weighted by atomic mass is 35.5. The molecule has 0 spiro atoms. The van der Waals surface area contributed by atoms with E-state index < -0.39 is 0 Å². The molecule has 1 aromatic rings. The molecule has 4 atom stereocenters. The molecule has 1 aliphatic heterocycles. The molecule has 0 aliphatic carbocycles. The van der Waals surface area contributed by atoms with E-state index in [1.807, 2.05) is 6.07 Å². The van der Waals surface area contributed by atoms with Gasteiger partial charge in [-0.15, -0.1) is 11.3 Å². The molecule has 5 heteroatoms. The fourth-order valence-corrected chi connectivity index (χ4v) is 3.83. The van der Waals surface area contributed by atoms with Crippen molar-refractivity contribution in [3.05, 3.63) is 21.3 Å². The lowest BCUT2D eigenvalue weighted by Crippen LogP contribution is -2.52. The highest BCUT2D eigenvalue weighted by molar-refractivity contribution is 7.16. The van der Waals surface area contributed by atoms with Gasteiger partial charge >= 0.3 is 0 Å². The van der Waals surface area contributed by atoms with E-state index in [-0.39, 0.29) is 18.2 Å². The molecule has 102 valence electrons. The van der Waals surface area contributed by atoms with Gasteiger partial charge < -0.3 is 10.5 Å². The lowest BCUT2D eigenvalue weighted by molar-refractivity contribution is -0.0691. The Labute approximate surface area is 118 Å². The molecule has 3 nitrogen and oxygen atoms in total. The van der Waals surface area contributed by atoms with Gasteiger partial charge in [-0.25, -0.2) is 0 Å². The molecule has 4 unspecified atom stereocenters. The average Bonchev–Trinajstić information content (AvgIpc) is 2.70. The van der Waals surface area contributed by atoms with Crippen LogP contribution in [0.25, 0.3) is 0 Å². The van der Waals surface area contributed by atoms with Crippen molar-refractivity contribution in [2.75, 3.05) is 13.2 Å². The van der Waals surface area contributed by atoms with Crippen molar-refractivity contribution in [2.24, 2.45) is 5.73 Å². The van der Waals surface area contributed by atoms with Gasteiger partial charge in [0.05, 0.1) is 23.1 Å². The number of rotatable bonds is 3. The van der Waals surface area contributed by atoms with Crippen LogP contribution in [-0.4, -0.2) is 36.2 Å². The minimum atomic E-state index is 0.0764. The summed E-state index contributed by atoms with van der Waals surface area (Å²) in [5.74, 6) is 0. The van der Waals surface area contributed by atoms with Gasteiger partial charge in [-0.05, 0) is 32.9 Å². The van der Waals surface area contributed by atoms with Crippen LogP contribution in [0.5, 0.6) is 0 Å². The first-order valence-electron chi connectivity index (χ1n) is 6.37. The summed E-state index contributed by atoms with van der Waals surface area (Å²) in [5.41, 5.74) is 6.20. The molecule has 2 heterocycles. The Kier molecular flexibility index (Phi) is 4.67. The zero-order chi connectivity index (χ0) is 13.3. The molecule has 2 rings (SSSR count). The lowest BCUT2D eigenvalue weighted by Gasteiger charge is -2.43. The van der Waals surface area contributed by atoms with Gasteiger partial charge in [-0.1, -0.05) is 11.6 Å². The quantitative estimate of drug-likeness (QED) is 0.929. The van der Waals surface area contributed by atoms with Crippen LogP contribution in [0.15, 0.2) is 12.1 Å². The summed E-state index contributed by atoms with van der Waals surface area (Å²) in [5, 5.41) is 0. The van der Waals surface area contributed by atoms with E-state index in [2.05, 4.69) is 31.7 Å². The number of thiophene rings is 1. The third-order valence-electron chi connectivity index (χ3n) is 3.40. The first-order chi connectivity index (χ1) is 8.49. The third-order valence-corrected chi connectivity index (χ3v) is 4.70. The maximum Gasteiger partial charge on any atom is 0.0931 e. The highest BCUT2D eigenvalue weighted by Crippen LogP contribution is 2.34. The largest absolute Gasteiger partial charge is 0.376 e. The van der Waals surface area contributed by atoms with Crippen LogP contribution in [0.2, 0.25) is 4.34 Å². The van der Waals surface area contributed by atoms with E-state index in [1.54, 1.807) is 11.3 Å². The second-order valence-electron chi connectivity index (χ2n) is 5.14. The van der Waals surface area contributed by atoms with E-state index in [4.69, 9.17) is 22.1 Å². The van der Waals surface area contributed by atoms with Crippen LogP contribution in [0.4, 0.5) is 0 Å². The van der Waals surface area contributed by atoms with Crippen LogP contribution in [0, 0.1) is 0 Å². The second kappa shape index (κ2) is 5.88. The van der Waals surface area contributed by atoms with Gasteiger partial charge in [0.1, 0.15) is 0 Å². The van der Waals surface area contributed by atoms with Crippen LogP contribution < -0.4 is 5.73 Å². The van der Waals surface area contributed by atoms with Crippen molar-refractivity contribution >= 4 is 22.9 Å². The number of halogens is 1. The normalized spacial score (nSPS) is 29.2. The van der Waals surface area contributed by atoms with E-state index in [9.17, 15) is 0 Å². The summed E-state index contributed by atoms with van der Waals surface area (Å²) < 4.78 is 6.51. The van der Waals surface area contributed by atoms with Gasteiger partial charge in [0, 0.05) is 23.5 Å². The van der Waals surface area contributed by atoms with E-state index >= 15 is 0 Å². The van der Waals surface area contributed by atoms with Gasteiger partial charge in [-0.3, -0.25) is 4.90 Å². The average molecular weight is 289 g/mol. The number of nitrogens with zero attached hydrogens (tertiary/aromatic N) is 1. The lowest BCUT2D eigenvalue weighted by atomic mass is 10.0. The van der Waals surface area contributed by atoms with Crippen LogP contribution in [0.3, 0.4) is 0 Å². The maximum atomic E-state index is 6.20. The smallest absolute Gasteiger partial charge is 0.0931 e. The molecule has 1 fully saturated rings. The minimum absolute atomic E-state index is 0.0764. The molecule has 1 aliphatic rings. The van der Waals surface area contributed by atoms with Crippen molar-refractivity contribution in [1.29, 1.82) is 0 Å². The first-order valence-corrected chi connectivity index (χ1v) is 7.56. The second-order valence-corrected chi connectivity index (χ2v) is 6.88.